The molecule has 0 aliphatic rings. The first-order valence-corrected chi connectivity index (χ1v) is 7.55. The largest absolute Gasteiger partial charge is 0.381 e. The molecule has 21 heavy (non-hydrogen) atoms. The van der Waals surface area contributed by atoms with Gasteiger partial charge >= 0.3 is 0 Å². The Kier molecular flexibility index (Phi) is 5.08. The molecule has 0 atom stereocenters. The molecule has 0 saturated carbocycles. The lowest BCUT2D eigenvalue weighted by atomic mass is 10.1. The zero-order valence-corrected chi connectivity index (χ0v) is 14.1. The lowest BCUT2D eigenvalue weighted by Gasteiger charge is -2.12. The molecule has 0 aliphatic carbocycles. The molecule has 2 aromatic rings. The van der Waals surface area contributed by atoms with Gasteiger partial charge in [-0.25, -0.2) is 0 Å². The fourth-order valence-corrected chi connectivity index (χ4v) is 2.68. The van der Waals surface area contributed by atoms with Gasteiger partial charge in [-0.15, -0.1) is 0 Å². The van der Waals surface area contributed by atoms with Crippen LogP contribution in [0.3, 0.4) is 0 Å². The van der Waals surface area contributed by atoms with E-state index >= 15 is 0 Å². The van der Waals surface area contributed by atoms with Crippen molar-refractivity contribution in [3.05, 3.63) is 66.1 Å². The SMILES string of the molecule is Cc1cc([N+](=O)[O-])c(Cl)cc1NCc1cc(Cl)ccc1Br. The van der Waals surface area contributed by atoms with Crippen molar-refractivity contribution in [2.75, 3.05) is 5.32 Å². The van der Waals surface area contributed by atoms with Crippen molar-refractivity contribution in [1.29, 1.82) is 0 Å². The third-order valence-electron chi connectivity index (χ3n) is 2.97. The van der Waals surface area contributed by atoms with Crippen LogP contribution in [0.2, 0.25) is 10.0 Å². The van der Waals surface area contributed by atoms with Crippen molar-refractivity contribution >= 4 is 50.5 Å². The Bertz CT molecular complexity index is 708. The van der Waals surface area contributed by atoms with Gasteiger partial charge in [-0.3, -0.25) is 10.1 Å². The Morgan fingerprint density at radius 3 is 2.67 bits per heavy atom. The predicted molar refractivity (Wildman–Crippen MR) is 89.3 cm³/mol. The van der Waals surface area contributed by atoms with Gasteiger partial charge in [0.05, 0.1) is 4.92 Å². The van der Waals surface area contributed by atoms with E-state index in [9.17, 15) is 10.1 Å². The number of nitrogens with one attached hydrogen (secondary N) is 1. The molecule has 2 aromatic carbocycles. The topological polar surface area (TPSA) is 55.2 Å². The Morgan fingerprint density at radius 1 is 1.29 bits per heavy atom. The zero-order valence-electron chi connectivity index (χ0n) is 11.0. The highest BCUT2D eigenvalue weighted by molar-refractivity contribution is 9.10. The Labute approximate surface area is 140 Å². The number of halogens is 3. The summed E-state index contributed by atoms with van der Waals surface area (Å²) in [6.45, 7) is 2.31. The molecule has 0 spiro atoms. The van der Waals surface area contributed by atoms with Gasteiger partial charge in [0.1, 0.15) is 5.02 Å². The average Bonchev–Trinajstić information content (AvgIpc) is 2.42. The van der Waals surface area contributed by atoms with Gasteiger partial charge in [0.15, 0.2) is 0 Å². The van der Waals surface area contributed by atoms with Gasteiger partial charge in [-0.05, 0) is 42.3 Å². The van der Waals surface area contributed by atoms with E-state index in [2.05, 4.69) is 21.2 Å². The molecular weight excluding hydrogens is 379 g/mol. The lowest BCUT2D eigenvalue weighted by Crippen LogP contribution is -2.03. The van der Waals surface area contributed by atoms with Crippen LogP contribution >= 0.6 is 39.1 Å². The van der Waals surface area contributed by atoms with Gasteiger partial charge in [0, 0.05) is 27.8 Å². The smallest absolute Gasteiger partial charge is 0.288 e. The number of nitro benzene ring substituents is 1. The highest BCUT2D eigenvalue weighted by atomic mass is 79.9. The quantitative estimate of drug-likeness (QED) is 0.548. The van der Waals surface area contributed by atoms with Gasteiger partial charge in [-0.2, -0.15) is 0 Å². The molecule has 0 saturated heterocycles. The fraction of sp³-hybridized carbons (Fsp3) is 0.143. The van der Waals surface area contributed by atoms with Gasteiger partial charge in [0.2, 0.25) is 0 Å². The van der Waals surface area contributed by atoms with Crippen LogP contribution in [-0.4, -0.2) is 4.92 Å². The maximum Gasteiger partial charge on any atom is 0.288 e. The van der Waals surface area contributed by atoms with Crippen LogP contribution in [0, 0.1) is 17.0 Å². The lowest BCUT2D eigenvalue weighted by molar-refractivity contribution is -0.384. The van der Waals surface area contributed by atoms with Crippen LogP contribution in [0.4, 0.5) is 11.4 Å². The van der Waals surface area contributed by atoms with Crippen molar-refractivity contribution in [3.63, 3.8) is 0 Å². The summed E-state index contributed by atoms with van der Waals surface area (Å²) in [6.07, 6.45) is 0. The Balaban J connectivity index is 2.22. The molecule has 2 rings (SSSR count). The summed E-state index contributed by atoms with van der Waals surface area (Å²) in [4.78, 5) is 10.3. The normalized spacial score (nSPS) is 10.5. The van der Waals surface area contributed by atoms with Crippen molar-refractivity contribution in [1.82, 2.24) is 0 Å². The third-order valence-corrected chi connectivity index (χ3v) is 4.28. The van der Waals surface area contributed by atoms with E-state index in [4.69, 9.17) is 23.2 Å². The molecule has 0 unspecified atom stereocenters. The molecule has 0 radical (unpaired) electrons. The van der Waals surface area contributed by atoms with E-state index in [1.807, 2.05) is 12.1 Å². The Morgan fingerprint density at radius 2 is 2.00 bits per heavy atom. The zero-order chi connectivity index (χ0) is 15.6. The number of nitro groups is 1. The maximum atomic E-state index is 10.8. The van der Waals surface area contributed by atoms with Gasteiger partial charge in [0.25, 0.3) is 5.69 Å². The van der Waals surface area contributed by atoms with Crippen LogP contribution in [0.5, 0.6) is 0 Å². The van der Waals surface area contributed by atoms with Crippen LogP contribution in [-0.2, 0) is 6.54 Å². The number of hydrogen-bond donors (Lipinski definition) is 1. The summed E-state index contributed by atoms with van der Waals surface area (Å²) in [7, 11) is 0. The standard InChI is InChI=1S/C14H11BrCl2N2O2/c1-8-4-14(19(20)21)12(17)6-13(8)18-7-9-5-10(16)2-3-11(9)15/h2-6,18H,7H2,1H3. The van der Waals surface area contributed by atoms with E-state index < -0.39 is 4.92 Å². The number of hydrogen-bond acceptors (Lipinski definition) is 3. The molecule has 0 amide bonds. The third kappa shape index (κ3) is 3.87. The second-order valence-electron chi connectivity index (χ2n) is 4.46. The molecule has 110 valence electrons. The van der Waals surface area contributed by atoms with Crippen molar-refractivity contribution in [3.8, 4) is 0 Å². The average molecular weight is 390 g/mol. The minimum atomic E-state index is -0.493. The van der Waals surface area contributed by atoms with Crippen molar-refractivity contribution in [2.24, 2.45) is 0 Å². The van der Waals surface area contributed by atoms with E-state index in [1.165, 1.54) is 6.07 Å². The molecule has 0 aromatic heterocycles. The minimum absolute atomic E-state index is 0.0938. The molecule has 0 aliphatic heterocycles. The summed E-state index contributed by atoms with van der Waals surface area (Å²) in [5.41, 5.74) is 2.39. The monoisotopic (exact) mass is 388 g/mol. The number of rotatable bonds is 4. The fourth-order valence-electron chi connectivity index (χ4n) is 1.87. The molecule has 0 fully saturated rings. The van der Waals surface area contributed by atoms with Crippen LogP contribution in [0.25, 0.3) is 0 Å². The summed E-state index contributed by atoms with van der Waals surface area (Å²) in [5, 5.41) is 14.8. The van der Waals surface area contributed by atoms with E-state index in [0.717, 1.165) is 21.3 Å². The van der Waals surface area contributed by atoms with Gasteiger partial charge < -0.3 is 5.32 Å². The highest BCUT2D eigenvalue weighted by Gasteiger charge is 2.15. The molecule has 4 nitrogen and oxygen atoms in total. The van der Waals surface area contributed by atoms with E-state index in [1.54, 1.807) is 19.1 Å². The van der Waals surface area contributed by atoms with Crippen molar-refractivity contribution < 1.29 is 4.92 Å². The second-order valence-corrected chi connectivity index (χ2v) is 6.16. The van der Waals surface area contributed by atoms with Crippen molar-refractivity contribution in [2.45, 2.75) is 13.5 Å². The summed E-state index contributed by atoms with van der Waals surface area (Å²) in [6, 6.07) is 8.53. The number of aryl methyl sites for hydroxylation is 1. The molecule has 7 heteroatoms. The second kappa shape index (κ2) is 6.64. The predicted octanol–water partition coefficient (Wildman–Crippen LogP) is 5.58. The van der Waals surface area contributed by atoms with Crippen LogP contribution in [0.1, 0.15) is 11.1 Å². The molecule has 1 N–H and O–H groups in total. The highest BCUT2D eigenvalue weighted by Crippen LogP contribution is 2.31. The summed E-state index contributed by atoms with van der Waals surface area (Å²) in [5.74, 6) is 0. The van der Waals surface area contributed by atoms with Crippen LogP contribution in [0.15, 0.2) is 34.8 Å². The first kappa shape index (κ1) is 16.1. The number of nitrogens with zero attached hydrogens (tertiary/aromatic N) is 1. The minimum Gasteiger partial charge on any atom is -0.381 e. The first-order valence-electron chi connectivity index (χ1n) is 6.01. The van der Waals surface area contributed by atoms with E-state index in [-0.39, 0.29) is 10.7 Å². The Hall–Kier alpha value is -1.30. The first-order chi connectivity index (χ1) is 9.88. The van der Waals surface area contributed by atoms with Gasteiger partial charge in [-0.1, -0.05) is 39.1 Å². The summed E-state index contributed by atoms with van der Waals surface area (Å²) >= 11 is 15.3. The molecule has 0 bridgehead atoms. The van der Waals surface area contributed by atoms with Crippen LogP contribution < -0.4 is 5.32 Å². The molecule has 0 heterocycles. The number of benzene rings is 2. The summed E-state index contributed by atoms with van der Waals surface area (Å²) < 4.78 is 0.935. The van der Waals surface area contributed by atoms with E-state index in [0.29, 0.717) is 11.6 Å². The number of anilines is 1. The maximum absolute atomic E-state index is 10.8. The molecular formula is C14H11BrCl2N2O2.